The van der Waals surface area contributed by atoms with Crippen LogP contribution in [0.15, 0.2) is 30.3 Å². The van der Waals surface area contributed by atoms with E-state index in [4.69, 9.17) is 11.2 Å². The summed E-state index contributed by atoms with van der Waals surface area (Å²) in [6.07, 6.45) is 6.33. The van der Waals surface area contributed by atoms with E-state index in [0.29, 0.717) is 6.42 Å². The molecule has 0 spiro atoms. The lowest BCUT2D eigenvalue weighted by Crippen LogP contribution is -2.14. The standard InChI is InChI=1S/C13H14O2/c1-3-13(15-11(2)14)10-9-12-7-5-4-6-8-12/h1,4-8,13H,9-10H2,2H3/t13-/m1/s1. The maximum Gasteiger partial charge on any atom is 0.303 e. The van der Waals surface area contributed by atoms with Gasteiger partial charge in [0.05, 0.1) is 0 Å². The molecular weight excluding hydrogens is 188 g/mol. The van der Waals surface area contributed by atoms with Crippen LogP contribution in [-0.4, -0.2) is 12.1 Å². The van der Waals surface area contributed by atoms with E-state index < -0.39 is 6.10 Å². The van der Waals surface area contributed by atoms with E-state index in [1.165, 1.54) is 12.5 Å². The van der Waals surface area contributed by atoms with Gasteiger partial charge in [0.1, 0.15) is 0 Å². The lowest BCUT2D eigenvalue weighted by Gasteiger charge is -2.10. The quantitative estimate of drug-likeness (QED) is 0.552. The minimum absolute atomic E-state index is 0.328. The molecule has 0 bridgehead atoms. The van der Waals surface area contributed by atoms with E-state index in [2.05, 4.69) is 5.92 Å². The lowest BCUT2D eigenvalue weighted by molar-refractivity contribution is -0.143. The molecule has 2 nitrogen and oxygen atoms in total. The summed E-state index contributed by atoms with van der Waals surface area (Å²) >= 11 is 0. The summed E-state index contributed by atoms with van der Waals surface area (Å²) in [4.78, 5) is 10.7. The van der Waals surface area contributed by atoms with Gasteiger partial charge < -0.3 is 4.74 Å². The minimum Gasteiger partial charge on any atom is -0.449 e. The molecule has 0 aliphatic rings. The van der Waals surface area contributed by atoms with Gasteiger partial charge in [0.25, 0.3) is 0 Å². The predicted octanol–water partition coefficient (Wildman–Crippen LogP) is 2.18. The van der Waals surface area contributed by atoms with Crippen molar-refractivity contribution in [2.75, 3.05) is 0 Å². The van der Waals surface area contributed by atoms with E-state index in [1.54, 1.807) is 0 Å². The van der Waals surface area contributed by atoms with E-state index in [1.807, 2.05) is 30.3 Å². The van der Waals surface area contributed by atoms with Gasteiger partial charge in [0, 0.05) is 6.92 Å². The van der Waals surface area contributed by atoms with Crippen molar-refractivity contribution >= 4 is 5.97 Å². The van der Waals surface area contributed by atoms with Gasteiger partial charge in [-0.15, -0.1) is 6.42 Å². The molecule has 0 N–H and O–H groups in total. The third-order valence-corrected chi connectivity index (χ3v) is 2.03. The summed E-state index contributed by atoms with van der Waals surface area (Å²) in [7, 11) is 0. The van der Waals surface area contributed by atoms with Gasteiger partial charge in [-0.1, -0.05) is 36.3 Å². The van der Waals surface area contributed by atoms with E-state index in [-0.39, 0.29) is 5.97 Å². The summed E-state index contributed by atoms with van der Waals surface area (Å²) in [6.45, 7) is 1.37. The third-order valence-electron chi connectivity index (χ3n) is 2.03. The number of benzene rings is 1. The van der Waals surface area contributed by atoms with Crippen molar-refractivity contribution in [2.24, 2.45) is 0 Å². The Morgan fingerprint density at radius 2 is 2.13 bits per heavy atom. The van der Waals surface area contributed by atoms with Gasteiger partial charge >= 0.3 is 5.97 Å². The zero-order chi connectivity index (χ0) is 11.1. The van der Waals surface area contributed by atoms with Gasteiger partial charge in [-0.25, -0.2) is 0 Å². The molecule has 78 valence electrons. The van der Waals surface area contributed by atoms with Crippen LogP contribution in [0.5, 0.6) is 0 Å². The molecule has 0 fully saturated rings. The first-order valence-electron chi connectivity index (χ1n) is 4.89. The number of hydrogen-bond donors (Lipinski definition) is 0. The zero-order valence-electron chi connectivity index (χ0n) is 8.77. The monoisotopic (exact) mass is 202 g/mol. The average molecular weight is 202 g/mol. The Morgan fingerprint density at radius 3 is 2.67 bits per heavy atom. The molecule has 0 aromatic heterocycles. The second kappa shape index (κ2) is 5.87. The molecule has 0 radical (unpaired) electrons. The molecule has 0 saturated carbocycles. The minimum atomic E-state index is -0.414. The van der Waals surface area contributed by atoms with Gasteiger partial charge in [0.2, 0.25) is 0 Å². The number of terminal acetylenes is 1. The first-order valence-corrected chi connectivity index (χ1v) is 4.89. The van der Waals surface area contributed by atoms with Gasteiger partial charge in [0.15, 0.2) is 6.10 Å². The summed E-state index contributed by atoms with van der Waals surface area (Å²) in [6, 6.07) is 9.98. The van der Waals surface area contributed by atoms with E-state index in [0.717, 1.165) is 6.42 Å². The Labute approximate surface area is 90.3 Å². The van der Waals surface area contributed by atoms with Crippen LogP contribution in [0.4, 0.5) is 0 Å². The highest BCUT2D eigenvalue weighted by molar-refractivity contribution is 5.66. The van der Waals surface area contributed by atoms with Crippen LogP contribution >= 0.6 is 0 Å². The molecule has 2 heteroatoms. The Bertz CT molecular complexity index is 349. The predicted molar refractivity (Wildman–Crippen MR) is 59.2 cm³/mol. The van der Waals surface area contributed by atoms with Crippen LogP contribution in [0.25, 0.3) is 0 Å². The molecule has 0 aliphatic heterocycles. The van der Waals surface area contributed by atoms with Gasteiger partial charge in [-0.2, -0.15) is 0 Å². The van der Waals surface area contributed by atoms with E-state index >= 15 is 0 Å². The van der Waals surface area contributed by atoms with E-state index in [9.17, 15) is 4.79 Å². The highest BCUT2D eigenvalue weighted by Crippen LogP contribution is 2.07. The fourth-order valence-electron chi connectivity index (χ4n) is 1.32. The first-order chi connectivity index (χ1) is 7.22. The van der Waals surface area contributed by atoms with Crippen molar-refractivity contribution in [3.63, 3.8) is 0 Å². The summed E-state index contributed by atoms with van der Waals surface area (Å²) in [5, 5.41) is 0. The van der Waals surface area contributed by atoms with Crippen LogP contribution in [-0.2, 0) is 16.0 Å². The van der Waals surface area contributed by atoms with Crippen molar-refractivity contribution in [2.45, 2.75) is 25.9 Å². The van der Waals surface area contributed by atoms with Crippen molar-refractivity contribution in [3.8, 4) is 12.3 Å². The number of carbonyl (C=O) groups excluding carboxylic acids is 1. The number of carbonyl (C=O) groups is 1. The number of esters is 1. The molecule has 1 aromatic rings. The third kappa shape index (κ3) is 4.33. The second-order valence-electron chi connectivity index (χ2n) is 3.29. The van der Waals surface area contributed by atoms with Crippen molar-refractivity contribution < 1.29 is 9.53 Å². The largest absolute Gasteiger partial charge is 0.449 e. The molecular formula is C13H14O2. The summed E-state index contributed by atoms with van der Waals surface area (Å²) in [5.41, 5.74) is 1.20. The SMILES string of the molecule is C#C[C@H](CCc1ccccc1)OC(C)=O. The van der Waals surface area contributed by atoms with Crippen molar-refractivity contribution in [1.82, 2.24) is 0 Å². The molecule has 0 heterocycles. The van der Waals surface area contributed by atoms with Crippen molar-refractivity contribution in [1.29, 1.82) is 0 Å². The Balaban J connectivity index is 2.42. The molecule has 0 saturated heterocycles. The normalized spacial score (nSPS) is 11.5. The van der Waals surface area contributed by atoms with Crippen molar-refractivity contribution in [3.05, 3.63) is 35.9 Å². The molecule has 1 rings (SSSR count). The number of aryl methyl sites for hydroxylation is 1. The number of rotatable bonds is 4. The molecule has 1 aromatic carbocycles. The van der Waals surface area contributed by atoms with Crippen LogP contribution in [0.1, 0.15) is 18.9 Å². The lowest BCUT2D eigenvalue weighted by atomic mass is 10.1. The van der Waals surface area contributed by atoms with Crippen LogP contribution < -0.4 is 0 Å². The topological polar surface area (TPSA) is 26.3 Å². The maximum atomic E-state index is 10.7. The summed E-state index contributed by atoms with van der Waals surface area (Å²) in [5.74, 6) is 2.13. The Kier molecular flexibility index (Phi) is 4.43. The maximum absolute atomic E-state index is 10.7. The van der Waals surface area contributed by atoms with Crippen LogP contribution in [0.3, 0.4) is 0 Å². The molecule has 0 amide bonds. The number of ether oxygens (including phenoxy) is 1. The second-order valence-corrected chi connectivity index (χ2v) is 3.29. The van der Waals surface area contributed by atoms with Crippen LogP contribution in [0.2, 0.25) is 0 Å². The molecule has 0 unspecified atom stereocenters. The Morgan fingerprint density at radius 1 is 1.47 bits per heavy atom. The molecule has 1 atom stereocenters. The fraction of sp³-hybridized carbons (Fsp3) is 0.308. The van der Waals surface area contributed by atoms with Gasteiger partial charge in [-0.3, -0.25) is 4.79 Å². The Hall–Kier alpha value is -1.75. The zero-order valence-corrected chi connectivity index (χ0v) is 8.77. The highest BCUT2D eigenvalue weighted by atomic mass is 16.5. The van der Waals surface area contributed by atoms with Crippen LogP contribution in [0, 0.1) is 12.3 Å². The average Bonchev–Trinajstić information content (AvgIpc) is 2.25. The molecule has 0 aliphatic carbocycles. The molecule has 15 heavy (non-hydrogen) atoms. The first kappa shape index (κ1) is 11.3. The number of hydrogen-bond acceptors (Lipinski definition) is 2. The summed E-state index contributed by atoms with van der Waals surface area (Å²) < 4.78 is 4.95. The highest BCUT2D eigenvalue weighted by Gasteiger charge is 2.07. The fourth-order valence-corrected chi connectivity index (χ4v) is 1.32. The smallest absolute Gasteiger partial charge is 0.303 e. The van der Waals surface area contributed by atoms with Gasteiger partial charge in [-0.05, 0) is 18.4 Å².